The number of hydrogen-bond acceptors (Lipinski definition) is 7. The summed E-state index contributed by atoms with van der Waals surface area (Å²) in [5.74, 6) is -0.307. The Morgan fingerprint density at radius 2 is 2.08 bits per heavy atom. The molecule has 1 saturated heterocycles. The Morgan fingerprint density at radius 3 is 2.77 bits per heavy atom. The van der Waals surface area contributed by atoms with Gasteiger partial charge in [-0.1, -0.05) is 0 Å². The first-order valence-corrected chi connectivity index (χ1v) is 11.5. The summed E-state index contributed by atoms with van der Waals surface area (Å²) in [6.07, 6.45) is 1.73. The molecule has 26 heavy (non-hydrogen) atoms. The van der Waals surface area contributed by atoms with Crippen molar-refractivity contribution < 1.29 is 22.7 Å². The molecule has 0 aromatic carbocycles. The Morgan fingerprint density at radius 1 is 1.35 bits per heavy atom. The zero-order valence-electron chi connectivity index (χ0n) is 14.4. The molecule has 8 nitrogen and oxygen atoms in total. The van der Waals surface area contributed by atoms with E-state index in [2.05, 4.69) is 5.32 Å². The Kier molecular flexibility index (Phi) is 6.23. The molecule has 144 valence electrons. The lowest BCUT2D eigenvalue weighted by Gasteiger charge is -2.25. The number of hydrogen-bond donors (Lipinski definition) is 1. The number of thioether (sulfide) groups is 1. The Balaban J connectivity index is 1.79. The van der Waals surface area contributed by atoms with Crippen LogP contribution in [0.15, 0.2) is 14.5 Å². The number of nitrogens with one attached hydrogen (secondary N) is 1. The fraction of sp³-hybridized carbons (Fsp3) is 0.600. The second kappa shape index (κ2) is 8.26. The molecule has 1 aromatic heterocycles. The second-order valence-electron chi connectivity index (χ2n) is 5.96. The summed E-state index contributed by atoms with van der Waals surface area (Å²) < 4.78 is 32.9. The first kappa shape index (κ1) is 19.6. The van der Waals surface area contributed by atoms with E-state index in [1.54, 1.807) is 0 Å². The summed E-state index contributed by atoms with van der Waals surface area (Å²) in [6.45, 7) is 1.68. The highest BCUT2D eigenvalue weighted by atomic mass is 32.3. The van der Waals surface area contributed by atoms with Crippen LogP contribution in [-0.4, -0.2) is 70.2 Å². The van der Waals surface area contributed by atoms with Crippen molar-refractivity contribution in [2.75, 3.05) is 50.5 Å². The van der Waals surface area contributed by atoms with Crippen molar-refractivity contribution in [3.63, 3.8) is 0 Å². The minimum absolute atomic E-state index is 0.129. The van der Waals surface area contributed by atoms with Gasteiger partial charge in [0.2, 0.25) is 11.8 Å². The third kappa shape index (κ3) is 4.06. The molecule has 0 saturated carbocycles. The first-order chi connectivity index (χ1) is 12.4. The summed E-state index contributed by atoms with van der Waals surface area (Å²) in [7, 11) is -2.00. The number of thiophene rings is 1. The first-order valence-electron chi connectivity index (χ1n) is 8.26. The zero-order chi connectivity index (χ0) is 18.7. The summed E-state index contributed by atoms with van der Waals surface area (Å²) in [4.78, 5) is 25.7. The molecular weight excluding hydrogens is 398 g/mol. The van der Waals surface area contributed by atoms with Crippen molar-refractivity contribution in [3.8, 4) is 0 Å². The number of sulfonamides is 1. The molecule has 0 atom stereocenters. The molecule has 0 bridgehead atoms. The minimum Gasteiger partial charge on any atom is -0.383 e. The third-order valence-corrected chi connectivity index (χ3v) is 8.90. The number of ether oxygens (including phenoxy) is 1. The number of fused-ring (bicyclic) bond motifs is 1. The maximum Gasteiger partial charge on any atom is 0.252 e. The fourth-order valence-electron chi connectivity index (χ4n) is 2.82. The van der Waals surface area contributed by atoms with Gasteiger partial charge in [0.05, 0.1) is 22.3 Å². The van der Waals surface area contributed by atoms with E-state index in [0.717, 1.165) is 17.1 Å². The highest BCUT2D eigenvalue weighted by Gasteiger charge is 2.34. The SMILES string of the molecule is COCCNC(=O)CN1C(=O)CSc2sc(S(=O)(=O)N3CCCC3)cc21. The monoisotopic (exact) mass is 419 g/mol. The number of carbonyl (C=O) groups is 2. The predicted octanol–water partition coefficient (Wildman–Crippen LogP) is 0.734. The lowest BCUT2D eigenvalue weighted by Crippen LogP contribution is -2.43. The topological polar surface area (TPSA) is 96.0 Å². The molecule has 1 aromatic rings. The van der Waals surface area contributed by atoms with Gasteiger partial charge >= 0.3 is 0 Å². The van der Waals surface area contributed by atoms with Crippen LogP contribution in [0.4, 0.5) is 5.69 Å². The van der Waals surface area contributed by atoms with Crippen molar-refractivity contribution >= 4 is 50.6 Å². The van der Waals surface area contributed by atoms with Gasteiger partial charge in [0, 0.05) is 26.7 Å². The van der Waals surface area contributed by atoms with Crippen molar-refractivity contribution in [3.05, 3.63) is 6.07 Å². The summed E-state index contributed by atoms with van der Waals surface area (Å²) in [5.41, 5.74) is 0.510. The van der Waals surface area contributed by atoms with Crippen molar-refractivity contribution in [1.82, 2.24) is 9.62 Å². The molecule has 11 heteroatoms. The quantitative estimate of drug-likeness (QED) is 0.655. The number of anilines is 1. The van der Waals surface area contributed by atoms with Crippen LogP contribution in [0.2, 0.25) is 0 Å². The van der Waals surface area contributed by atoms with Gasteiger partial charge in [0.15, 0.2) is 0 Å². The number of amides is 2. The maximum atomic E-state index is 12.8. The van der Waals surface area contributed by atoms with E-state index in [9.17, 15) is 18.0 Å². The molecule has 2 aliphatic heterocycles. The maximum absolute atomic E-state index is 12.8. The van der Waals surface area contributed by atoms with Gasteiger partial charge in [-0.25, -0.2) is 8.42 Å². The van der Waals surface area contributed by atoms with Crippen LogP contribution in [0, 0.1) is 0 Å². The van der Waals surface area contributed by atoms with Crippen LogP contribution >= 0.6 is 23.1 Å². The van der Waals surface area contributed by atoms with Crippen LogP contribution in [0.1, 0.15) is 12.8 Å². The molecular formula is C15H21N3O5S3. The van der Waals surface area contributed by atoms with E-state index in [0.29, 0.717) is 31.9 Å². The molecule has 2 amide bonds. The van der Waals surface area contributed by atoms with E-state index >= 15 is 0 Å². The Bertz CT molecular complexity index is 786. The van der Waals surface area contributed by atoms with Crippen molar-refractivity contribution in [1.29, 1.82) is 0 Å². The highest BCUT2D eigenvalue weighted by molar-refractivity contribution is 8.02. The predicted molar refractivity (Wildman–Crippen MR) is 100 cm³/mol. The van der Waals surface area contributed by atoms with E-state index in [1.165, 1.54) is 45.5 Å². The Hall–Kier alpha value is -1.14. The summed E-state index contributed by atoms with van der Waals surface area (Å²) >= 11 is 2.49. The van der Waals surface area contributed by atoms with E-state index in [4.69, 9.17) is 4.74 Å². The highest BCUT2D eigenvalue weighted by Crippen LogP contribution is 2.44. The van der Waals surface area contributed by atoms with E-state index in [1.807, 2.05) is 0 Å². The van der Waals surface area contributed by atoms with Gasteiger partial charge in [-0.15, -0.1) is 23.1 Å². The smallest absolute Gasteiger partial charge is 0.252 e. The molecule has 1 N–H and O–H groups in total. The minimum atomic E-state index is -3.54. The van der Waals surface area contributed by atoms with Gasteiger partial charge in [0.25, 0.3) is 10.0 Å². The number of rotatable bonds is 7. The number of carbonyl (C=O) groups excluding carboxylic acids is 2. The molecule has 0 aliphatic carbocycles. The zero-order valence-corrected chi connectivity index (χ0v) is 16.8. The van der Waals surface area contributed by atoms with Gasteiger partial charge in [0.1, 0.15) is 10.8 Å². The molecule has 0 unspecified atom stereocenters. The average molecular weight is 420 g/mol. The van der Waals surface area contributed by atoms with Crippen LogP contribution in [0.5, 0.6) is 0 Å². The van der Waals surface area contributed by atoms with Gasteiger partial charge in [-0.2, -0.15) is 4.31 Å². The lowest BCUT2D eigenvalue weighted by atomic mass is 10.3. The molecule has 0 radical (unpaired) electrons. The largest absolute Gasteiger partial charge is 0.383 e. The number of nitrogens with zero attached hydrogens (tertiary/aromatic N) is 2. The molecule has 3 rings (SSSR count). The molecule has 3 heterocycles. The van der Waals surface area contributed by atoms with Gasteiger partial charge in [-0.3, -0.25) is 9.59 Å². The lowest BCUT2D eigenvalue weighted by molar-refractivity contribution is -0.123. The molecule has 1 fully saturated rings. The van der Waals surface area contributed by atoms with Crippen LogP contribution in [-0.2, 0) is 24.3 Å². The normalized spacial score (nSPS) is 18.2. The average Bonchev–Trinajstić information content (AvgIpc) is 3.27. The second-order valence-corrected chi connectivity index (χ2v) is 10.4. The Labute approximate surface area is 160 Å². The summed E-state index contributed by atoms with van der Waals surface area (Å²) in [6, 6.07) is 1.53. The van der Waals surface area contributed by atoms with Crippen LogP contribution < -0.4 is 10.2 Å². The van der Waals surface area contributed by atoms with Crippen molar-refractivity contribution in [2.24, 2.45) is 0 Å². The van der Waals surface area contributed by atoms with Crippen LogP contribution in [0.3, 0.4) is 0 Å². The third-order valence-electron chi connectivity index (χ3n) is 4.16. The van der Waals surface area contributed by atoms with Crippen LogP contribution in [0.25, 0.3) is 0 Å². The number of methoxy groups -OCH3 is 1. The molecule has 0 spiro atoms. The molecule has 2 aliphatic rings. The van der Waals surface area contributed by atoms with E-state index in [-0.39, 0.29) is 28.3 Å². The van der Waals surface area contributed by atoms with Crippen molar-refractivity contribution in [2.45, 2.75) is 21.3 Å². The standard InChI is InChI=1S/C15H21N3O5S3/c1-23-7-4-16-12(19)9-18-11-8-14(25-15(11)24-10-13(18)20)26(21,22)17-5-2-3-6-17/h8H,2-7,9-10H2,1H3,(H,16,19). The van der Waals surface area contributed by atoms with Gasteiger partial charge < -0.3 is 15.0 Å². The fourth-order valence-corrected chi connectivity index (χ4v) is 7.26. The summed E-state index contributed by atoms with van der Waals surface area (Å²) in [5, 5.41) is 2.68. The van der Waals surface area contributed by atoms with E-state index < -0.39 is 10.0 Å². The van der Waals surface area contributed by atoms with Gasteiger partial charge in [-0.05, 0) is 18.9 Å².